The van der Waals surface area contributed by atoms with Gasteiger partial charge in [0.1, 0.15) is 19.1 Å². The second-order valence-corrected chi connectivity index (χ2v) is 6.31. The van der Waals surface area contributed by atoms with Crippen LogP contribution in [0.1, 0.15) is 39.3 Å². The number of nitrogens with one attached hydrogen (secondary N) is 2. The van der Waals surface area contributed by atoms with Crippen molar-refractivity contribution in [2.75, 3.05) is 7.11 Å². The van der Waals surface area contributed by atoms with E-state index in [4.69, 9.17) is 4.74 Å². The van der Waals surface area contributed by atoms with E-state index in [0.717, 1.165) is 25.1 Å². The molecule has 0 spiro atoms. The summed E-state index contributed by atoms with van der Waals surface area (Å²) in [7, 11) is -4.68. The van der Waals surface area contributed by atoms with Crippen LogP contribution in [0.3, 0.4) is 0 Å². The van der Waals surface area contributed by atoms with Crippen LogP contribution in [-0.2, 0) is 22.6 Å². The van der Waals surface area contributed by atoms with E-state index >= 15 is 0 Å². The van der Waals surface area contributed by atoms with Gasteiger partial charge in [-0.15, -0.1) is 0 Å². The minimum Gasteiger partial charge on any atom is -0.467 e. The Morgan fingerprint density at radius 2 is 1.82 bits per heavy atom. The number of nitrogens with zero attached hydrogens (tertiary/aromatic N) is 1. The highest BCUT2D eigenvalue weighted by Crippen LogP contribution is 2.06. The Kier molecular flexibility index (Phi) is 11.9. The lowest BCUT2D eigenvalue weighted by Crippen LogP contribution is -2.50. The predicted molar refractivity (Wildman–Crippen MR) is 97.7 cm³/mol. The van der Waals surface area contributed by atoms with Crippen LogP contribution in [0, 0.1) is 5.92 Å². The van der Waals surface area contributed by atoms with Crippen LogP contribution in [0.2, 0.25) is 0 Å². The topological polar surface area (TPSA) is 71.3 Å². The Balaban J connectivity index is 0.00000129. The number of rotatable bonds is 8. The quantitative estimate of drug-likeness (QED) is 0.300. The lowest BCUT2D eigenvalue weighted by atomic mass is 10.1. The molecule has 0 aliphatic carbocycles. The molecule has 11 heteroatoms. The molecule has 0 saturated heterocycles. The number of carbonyl (C=O) groups is 2. The summed E-state index contributed by atoms with van der Waals surface area (Å²) in [6.07, 6.45) is 4.21. The number of methoxy groups -OCH3 is 1. The monoisotopic (exact) mass is 409 g/mol. The van der Waals surface area contributed by atoms with Gasteiger partial charge < -0.3 is 32.6 Å². The molecule has 2 N–H and O–H groups in total. The molecule has 1 aromatic heterocycles. The van der Waals surface area contributed by atoms with Gasteiger partial charge in [-0.2, -0.15) is 0 Å². The van der Waals surface area contributed by atoms with Crippen molar-refractivity contribution in [2.24, 2.45) is 5.92 Å². The third kappa shape index (κ3) is 12.1. The highest BCUT2D eigenvalue weighted by Gasteiger charge is 2.25. The third-order valence-corrected chi connectivity index (χ3v) is 3.63. The van der Waals surface area contributed by atoms with Crippen molar-refractivity contribution in [3.63, 3.8) is 0 Å². The number of hydrogen-bond acceptors (Lipinski definition) is 3. The number of urea groups is 1. The molecular weight excluding hydrogens is 381 g/mol. The highest BCUT2D eigenvalue weighted by molar-refractivity contribution is 6.50. The Labute approximate surface area is 162 Å². The van der Waals surface area contributed by atoms with E-state index in [9.17, 15) is 26.9 Å². The maximum absolute atomic E-state index is 12.0. The molecule has 160 valence electrons. The fourth-order valence-corrected chi connectivity index (χ4v) is 2.21. The fourth-order valence-electron chi connectivity index (χ4n) is 2.21. The van der Waals surface area contributed by atoms with E-state index < -0.39 is 19.3 Å². The zero-order valence-corrected chi connectivity index (χ0v) is 16.6. The minimum absolute atomic E-state index is 0.0422. The molecule has 0 unspecified atom stereocenters. The van der Waals surface area contributed by atoms with Crippen LogP contribution in [0.25, 0.3) is 0 Å². The molecule has 6 nitrogen and oxygen atoms in total. The zero-order valence-electron chi connectivity index (χ0n) is 16.6. The van der Waals surface area contributed by atoms with Gasteiger partial charge in [0.15, 0.2) is 6.20 Å². The normalized spacial score (nSPS) is 11.9. The third-order valence-electron chi connectivity index (χ3n) is 3.63. The van der Waals surface area contributed by atoms with Gasteiger partial charge in [-0.25, -0.2) is 14.2 Å². The average Bonchev–Trinajstić information content (AvgIpc) is 2.61. The Morgan fingerprint density at radius 1 is 1.21 bits per heavy atom. The predicted octanol–water partition coefficient (Wildman–Crippen LogP) is 3.07. The first kappa shape index (κ1) is 25.7. The van der Waals surface area contributed by atoms with E-state index in [0.29, 0.717) is 6.54 Å². The molecule has 0 bridgehead atoms. The summed E-state index contributed by atoms with van der Waals surface area (Å²) in [5, 5.41) is 5.47. The summed E-state index contributed by atoms with van der Waals surface area (Å²) >= 11 is 0. The number of pyridine rings is 1. The zero-order chi connectivity index (χ0) is 21.7. The van der Waals surface area contributed by atoms with E-state index in [1.54, 1.807) is 0 Å². The van der Waals surface area contributed by atoms with Gasteiger partial charge in [0, 0.05) is 18.6 Å². The molecule has 1 atom stereocenters. The fraction of sp³-hybridized carbons (Fsp3) is 0.588. The molecule has 28 heavy (non-hydrogen) atoms. The molecule has 0 radical (unpaired) electrons. The van der Waals surface area contributed by atoms with Crippen LogP contribution in [0.15, 0.2) is 24.4 Å². The lowest BCUT2D eigenvalue weighted by molar-refractivity contribution is -0.704. The maximum atomic E-state index is 12.0. The van der Waals surface area contributed by atoms with Gasteiger partial charge in [-0.05, 0) is 5.92 Å². The van der Waals surface area contributed by atoms with Gasteiger partial charge in [-0.3, -0.25) is 0 Å². The Bertz CT molecular complexity index is 610. The molecular formula is C17H28BF4N3O3. The first-order chi connectivity index (χ1) is 13.0. The number of unbranched alkanes of at least 4 members (excludes halogenated alkanes) is 1. The summed E-state index contributed by atoms with van der Waals surface area (Å²) in [6.45, 7) is 7.19. The first-order valence-electron chi connectivity index (χ1n) is 8.96. The number of halogens is 4. The summed E-state index contributed by atoms with van der Waals surface area (Å²) in [6, 6.07) is 4.88. The van der Waals surface area contributed by atoms with Crippen LogP contribution >= 0.6 is 0 Å². The van der Waals surface area contributed by atoms with Gasteiger partial charge >= 0.3 is 19.3 Å². The Morgan fingerprint density at radius 3 is 2.32 bits per heavy atom. The number of aromatic nitrogens is 1. The van der Waals surface area contributed by atoms with Crippen molar-refractivity contribution in [2.45, 2.75) is 52.7 Å². The molecule has 0 fully saturated rings. The molecule has 0 aromatic carbocycles. The number of esters is 1. The first-order valence-corrected chi connectivity index (χ1v) is 8.96. The van der Waals surface area contributed by atoms with Gasteiger partial charge in [0.25, 0.3) is 0 Å². The van der Waals surface area contributed by atoms with Crippen LogP contribution < -0.4 is 15.2 Å². The number of hydrogen-bond donors (Lipinski definition) is 2. The van der Waals surface area contributed by atoms with E-state index in [1.807, 2.05) is 38.2 Å². The smallest absolute Gasteiger partial charge is 0.467 e. The number of ether oxygens (including phenoxy) is 1. The molecule has 0 saturated carbocycles. The second kappa shape index (κ2) is 13.0. The molecule has 1 heterocycles. The molecule has 2 amide bonds. The van der Waals surface area contributed by atoms with Crippen molar-refractivity contribution in [3.05, 3.63) is 30.1 Å². The van der Waals surface area contributed by atoms with Crippen molar-refractivity contribution in [1.29, 1.82) is 0 Å². The lowest BCUT2D eigenvalue weighted by Gasteiger charge is -2.19. The van der Waals surface area contributed by atoms with Crippen molar-refractivity contribution in [1.82, 2.24) is 10.6 Å². The highest BCUT2D eigenvalue weighted by atomic mass is 19.5. The van der Waals surface area contributed by atoms with Crippen LogP contribution in [-0.4, -0.2) is 32.4 Å². The number of aryl methyl sites for hydroxylation is 1. The van der Waals surface area contributed by atoms with Crippen LogP contribution in [0.4, 0.5) is 22.1 Å². The molecule has 0 aliphatic heterocycles. The maximum Gasteiger partial charge on any atom is 0.673 e. The summed E-state index contributed by atoms with van der Waals surface area (Å²) in [5.41, 5.74) is 1.02. The van der Waals surface area contributed by atoms with Gasteiger partial charge in [0.05, 0.1) is 7.11 Å². The average molecular weight is 409 g/mol. The standard InChI is InChI=1S/C17H27N3O3.BF4/c1-5-6-10-20-11-8-7-9-14(20)12-18-17(22)19-15(13(2)3)16(21)23-4;2-1(3,4)5/h7-9,11,13,15H,5-6,10,12H2,1-4H3,(H-,18,19,22);/q;-1/p+1/t15-;/m0./s1. The molecule has 1 aromatic rings. The second-order valence-electron chi connectivity index (χ2n) is 6.31. The number of amides is 2. The van der Waals surface area contributed by atoms with E-state index in [-0.39, 0.29) is 11.9 Å². The minimum atomic E-state index is -6.00. The SMILES string of the molecule is CCCC[n+]1ccccc1CNC(=O)N[C@H](C(=O)OC)C(C)C.F[B-](F)(F)F. The van der Waals surface area contributed by atoms with Crippen molar-refractivity contribution >= 4 is 19.3 Å². The van der Waals surface area contributed by atoms with E-state index in [2.05, 4.69) is 22.1 Å². The summed E-state index contributed by atoms with van der Waals surface area (Å²) in [5.74, 6) is -0.479. The van der Waals surface area contributed by atoms with Crippen LogP contribution in [0.5, 0.6) is 0 Å². The molecule has 1 rings (SSSR count). The molecule has 0 aliphatic rings. The Hall–Kier alpha value is -2.33. The van der Waals surface area contributed by atoms with Crippen molar-refractivity contribution < 1.29 is 36.2 Å². The van der Waals surface area contributed by atoms with E-state index in [1.165, 1.54) is 7.11 Å². The largest absolute Gasteiger partial charge is 0.673 e. The number of carbonyl (C=O) groups excluding carboxylic acids is 2. The summed E-state index contributed by atoms with van der Waals surface area (Å²) in [4.78, 5) is 23.7. The van der Waals surface area contributed by atoms with Gasteiger partial charge in [-0.1, -0.05) is 33.3 Å². The van der Waals surface area contributed by atoms with Gasteiger partial charge in [0.2, 0.25) is 5.69 Å². The van der Waals surface area contributed by atoms with Crippen molar-refractivity contribution in [3.8, 4) is 0 Å². The summed E-state index contributed by atoms with van der Waals surface area (Å²) < 4.78 is 45.8.